The van der Waals surface area contributed by atoms with Gasteiger partial charge in [-0.15, -0.1) is 0 Å². The van der Waals surface area contributed by atoms with Crippen molar-refractivity contribution in [3.8, 4) is 0 Å². The lowest BCUT2D eigenvalue weighted by atomic mass is 10.2. The highest BCUT2D eigenvalue weighted by Gasteiger charge is 1.82. The van der Waals surface area contributed by atoms with Gasteiger partial charge in [-0.05, 0) is 44.6 Å². The maximum absolute atomic E-state index is 3.18. The molecule has 0 heteroatoms. The molecule has 0 aromatic heterocycles. The van der Waals surface area contributed by atoms with E-state index in [2.05, 4.69) is 42.5 Å². The van der Waals surface area contributed by atoms with Crippen molar-refractivity contribution >= 4 is 0 Å². The average molecular weight is 187 g/mol. The number of rotatable bonds is 0. The van der Waals surface area contributed by atoms with E-state index in [1.165, 1.54) is 25.7 Å². The first-order valence-electron chi connectivity index (χ1n) is 5.53. The van der Waals surface area contributed by atoms with E-state index < -0.39 is 0 Å². The van der Waals surface area contributed by atoms with Crippen LogP contribution in [0.15, 0.2) is 42.5 Å². The minimum absolute atomic E-state index is 1.03. The van der Waals surface area contributed by atoms with E-state index in [1.807, 2.05) is 6.08 Å². The lowest BCUT2D eigenvalue weighted by molar-refractivity contribution is 0.861. The van der Waals surface area contributed by atoms with Gasteiger partial charge in [-0.3, -0.25) is 0 Å². The summed E-state index contributed by atoms with van der Waals surface area (Å²) in [7, 11) is 0. The van der Waals surface area contributed by atoms with Crippen molar-refractivity contribution in [2.75, 3.05) is 0 Å². The van der Waals surface area contributed by atoms with Crippen LogP contribution in [0.4, 0.5) is 0 Å². The van der Waals surface area contributed by atoms with Gasteiger partial charge in [0.15, 0.2) is 0 Å². The Morgan fingerprint density at radius 3 is 2.43 bits per heavy atom. The molecule has 14 heavy (non-hydrogen) atoms. The first-order valence-corrected chi connectivity index (χ1v) is 5.53. The Labute approximate surface area is 87.7 Å². The molecule has 0 aromatic carbocycles. The molecule has 0 unspecified atom stereocenters. The fourth-order valence-electron chi connectivity index (χ4n) is 1.35. The lowest BCUT2D eigenvalue weighted by Gasteiger charge is -1.91. The van der Waals surface area contributed by atoms with Gasteiger partial charge < -0.3 is 0 Å². The summed E-state index contributed by atoms with van der Waals surface area (Å²) >= 11 is 0. The zero-order chi connectivity index (χ0) is 9.90. The summed E-state index contributed by atoms with van der Waals surface area (Å²) in [6.07, 6.45) is 25.5. The molecule has 0 heterocycles. The van der Waals surface area contributed by atoms with Crippen molar-refractivity contribution in [3.63, 3.8) is 0 Å². The second-order valence-electron chi connectivity index (χ2n) is 3.46. The Bertz CT molecular complexity index is 228. The van der Waals surface area contributed by atoms with Gasteiger partial charge in [0.25, 0.3) is 0 Å². The van der Waals surface area contributed by atoms with Crippen molar-refractivity contribution in [1.29, 1.82) is 0 Å². The molecule has 0 aliphatic heterocycles. The van der Waals surface area contributed by atoms with E-state index in [4.69, 9.17) is 0 Å². The molecule has 0 atom stereocenters. The molecule has 0 saturated heterocycles. The second-order valence-corrected chi connectivity index (χ2v) is 3.46. The van der Waals surface area contributed by atoms with Crippen LogP contribution in [-0.4, -0.2) is 0 Å². The lowest BCUT2D eigenvalue weighted by Crippen LogP contribution is -1.71. The third-order valence-corrected chi connectivity index (χ3v) is 2.16. The van der Waals surface area contributed by atoms with E-state index in [-0.39, 0.29) is 0 Å². The molecule has 1 aliphatic rings. The SMILES string of the molecule is [C]1=C/CCC/C=C/CC/C=C\C/C=C/1. The number of allylic oxidation sites excluding steroid dienone is 8. The zero-order valence-corrected chi connectivity index (χ0v) is 8.78. The molecule has 0 fully saturated rings. The Morgan fingerprint density at radius 2 is 1.50 bits per heavy atom. The molecule has 0 spiro atoms. The van der Waals surface area contributed by atoms with Crippen LogP contribution in [0.1, 0.15) is 38.5 Å². The second kappa shape index (κ2) is 8.55. The minimum Gasteiger partial charge on any atom is -0.0885 e. The van der Waals surface area contributed by atoms with Gasteiger partial charge in [0.05, 0.1) is 0 Å². The topological polar surface area (TPSA) is 0 Å². The first-order chi connectivity index (χ1) is 7.00. The predicted octanol–water partition coefficient (Wildman–Crippen LogP) is 4.37. The monoisotopic (exact) mass is 187 g/mol. The molecule has 75 valence electrons. The Morgan fingerprint density at radius 1 is 0.714 bits per heavy atom. The third kappa shape index (κ3) is 6.47. The van der Waals surface area contributed by atoms with Crippen molar-refractivity contribution in [3.05, 3.63) is 48.6 Å². The average Bonchev–Trinajstić information content (AvgIpc) is 2.22. The van der Waals surface area contributed by atoms with Crippen molar-refractivity contribution in [1.82, 2.24) is 0 Å². The third-order valence-electron chi connectivity index (χ3n) is 2.16. The number of hydrogen-bond acceptors (Lipinski definition) is 0. The summed E-state index contributed by atoms with van der Waals surface area (Å²) in [5.41, 5.74) is 0. The van der Waals surface area contributed by atoms with Crippen LogP contribution in [0, 0.1) is 6.08 Å². The fourth-order valence-corrected chi connectivity index (χ4v) is 1.35. The highest BCUT2D eigenvalue weighted by Crippen LogP contribution is 2.01. The standard InChI is InChI=1S/C14H19/c1-2-4-6-8-10-12-14-13-11-9-7-5-3-1/h1-2,5,7-8,10-11H,3-4,6,12-14H2/b2-1-,7-5+,10-8+,11-9?. The van der Waals surface area contributed by atoms with Crippen LogP contribution < -0.4 is 0 Å². The molecular formula is C14H19. The molecule has 0 N–H and O–H groups in total. The smallest absolute Gasteiger partial charge is 0.0166 e. The highest BCUT2D eigenvalue weighted by molar-refractivity contribution is 5.00. The van der Waals surface area contributed by atoms with Gasteiger partial charge in [0.2, 0.25) is 0 Å². The van der Waals surface area contributed by atoms with Gasteiger partial charge in [-0.2, -0.15) is 0 Å². The molecule has 0 saturated carbocycles. The van der Waals surface area contributed by atoms with Gasteiger partial charge in [0, 0.05) is 0 Å². The Hall–Kier alpha value is -1.04. The molecule has 0 aromatic rings. The van der Waals surface area contributed by atoms with E-state index in [9.17, 15) is 0 Å². The van der Waals surface area contributed by atoms with Crippen LogP contribution in [0.2, 0.25) is 0 Å². The Balaban J connectivity index is 2.34. The fraction of sp³-hybridized carbons (Fsp3) is 0.429. The van der Waals surface area contributed by atoms with Crippen LogP contribution in [0.5, 0.6) is 0 Å². The molecular weight excluding hydrogens is 168 g/mol. The largest absolute Gasteiger partial charge is 0.0885 e. The zero-order valence-electron chi connectivity index (χ0n) is 8.78. The van der Waals surface area contributed by atoms with Crippen LogP contribution in [-0.2, 0) is 0 Å². The molecule has 0 bridgehead atoms. The summed E-state index contributed by atoms with van der Waals surface area (Å²) < 4.78 is 0. The van der Waals surface area contributed by atoms with Crippen molar-refractivity contribution in [2.24, 2.45) is 0 Å². The summed E-state index contributed by atoms with van der Waals surface area (Å²) in [5, 5.41) is 0. The summed E-state index contributed by atoms with van der Waals surface area (Å²) in [4.78, 5) is 0. The Kier molecular flexibility index (Phi) is 6.74. The maximum atomic E-state index is 3.18. The number of hydrogen-bond donors (Lipinski definition) is 0. The van der Waals surface area contributed by atoms with Gasteiger partial charge in [-0.1, -0.05) is 42.5 Å². The normalized spacial score (nSPS) is 28.6. The first kappa shape index (κ1) is 11.0. The summed E-state index contributed by atoms with van der Waals surface area (Å²) in [6, 6.07) is 0. The molecule has 0 amide bonds. The molecule has 0 nitrogen and oxygen atoms in total. The van der Waals surface area contributed by atoms with E-state index in [0.29, 0.717) is 0 Å². The molecule has 1 radical (unpaired) electrons. The van der Waals surface area contributed by atoms with Crippen molar-refractivity contribution in [2.45, 2.75) is 38.5 Å². The quantitative estimate of drug-likeness (QED) is 0.494. The molecule has 1 aliphatic carbocycles. The van der Waals surface area contributed by atoms with Crippen LogP contribution in [0.25, 0.3) is 0 Å². The van der Waals surface area contributed by atoms with Gasteiger partial charge >= 0.3 is 0 Å². The minimum atomic E-state index is 1.03. The molecule has 1 rings (SSSR count). The maximum Gasteiger partial charge on any atom is -0.0166 e. The highest BCUT2D eigenvalue weighted by atomic mass is 13.9. The van der Waals surface area contributed by atoms with Gasteiger partial charge in [0.1, 0.15) is 0 Å². The summed E-state index contributed by atoms with van der Waals surface area (Å²) in [5.74, 6) is 0. The van der Waals surface area contributed by atoms with E-state index >= 15 is 0 Å². The van der Waals surface area contributed by atoms with Gasteiger partial charge in [-0.25, -0.2) is 0 Å². The van der Waals surface area contributed by atoms with E-state index in [0.717, 1.165) is 12.8 Å². The summed E-state index contributed by atoms with van der Waals surface area (Å²) in [6.45, 7) is 0. The van der Waals surface area contributed by atoms with Crippen LogP contribution >= 0.6 is 0 Å². The van der Waals surface area contributed by atoms with E-state index in [1.54, 1.807) is 0 Å². The predicted molar refractivity (Wildman–Crippen MR) is 62.9 cm³/mol. The van der Waals surface area contributed by atoms with Crippen LogP contribution in [0.3, 0.4) is 0 Å². The van der Waals surface area contributed by atoms with Crippen molar-refractivity contribution < 1.29 is 0 Å².